The number of allylic oxidation sites excluding steroid dienone is 24. The fourth-order valence-corrected chi connectivity index (χ4v) is 8.98. The lowest BCUT2D eigenvalue weighted by Gasteiger charge is -2.18. The van der Waals surface area contributed by atoms with E-state index in [1.54, 1.807) is 0 Å². The van der Waals surface area contributed by atoms with Crippen molar-refractivity contribution in [1.82, 2.24) is 0 Å². The van der Waals surface area contributed by atoms with Crippen molar-refractivity contribution in [1.29, 1.82) is 0 Å². The Kier molecular flexibility index (Phi) is 64.8. The molecule has 6 heteroatoms. The van der Waals surface area contributed by atoms with Crippen molar-refractivity contribution in [3.63, 3.8) is 0 Å². The van der Waals surface area contributed by atoms with Gasteiger partial charge in [-0.15, -0.1) is 0 Å². The van der Waals surface area contributed by atoms with E-state index in [0.29, 0.717) is 19.3 Å². The summed E-state index contributed by atoms with van der Waals surface area (Å²) in [6, 6.07) is 0. The van der Waals surface area contributed by atoms with Gasteiger partial charge in [0.2, 0.25) is 0 Å². The molecule has 0 bridgehead atoms. The van der Waals surface area contributed by atoms with Gasteiger partial charge in [0.1, 0.15) is 13.2 Å². The van der Waals surface area contributed by atoms with Gasteiger partial charge < -0.3 is 14.2 Å². The molecule has 0 rings (SSSR count). The van der Waals surface area contributed by atoms with Crippen molar-refractivity contribution in [2.75, 3.05) is 13.2 Å². The van der Waals surface area contributed by atoms with Crippen LogP contribution in [0.15, 0.2) is 146 Å². The van der Waals surface area contributed by atoms with Crippen LogP contribution in [0, 0.1) is 0 Å². The van der Waals surface area contributed by atoms with Crippen LogP contribution in [0.25, 0.3) is 0 Å². The summed E-state index contributed by atoms with van der Waals surface area (Å²) in [7, 11) is 0. The summed E-state index contributed by atoms with van der Waals surface area (Å²) >= 11 is 0. The first-order valence-corrected chi connectivity index (χ1v) is 33.8. The van der Waals surface area contributed by atoms with Crippen LogP contribution in [0.4, 0.5) is 0 Å². The van der Waals surface area contributed by atoms with Gasteiger partial charge in [0.05, 0.1) is 0 Å². The molecule has 0 amide bonds. The van der Waals surface area contributed by atoms with Crippen molar-refractivity contribution in [3.8, 4) is 0 Å². The molecule has 0 aromatic carbocycles. The maximum Gasteiger partial charge on any atom is 0.306 e. The molecule has 0 saturated carbocycles. The second-order valence-electron chi connectivity index (χ2n) is 22.0. The third kappa shape index (κ3) is 66.1. The summed E-state index contributed by atoms with van der Waals surface area (Å²) in [5, 5.41) is 0. The molecule has 0 heterocycles. The molecule has 0 saturated heterocycles. The number of unbranched alkanes of at least 4 members (excludes halogenated alkanes) is 25. The zero-order chi connectivity index (χ0) is 59.2. The van der Waals surface area contributed by atoms with Crippen LogP contribution in [0.2, 0.25) is 0 Å². The van der Waals surface area contributed by atoms with Crippen LogP contribution in [0.5, 0.6) is 0 Å². The summed E-state index contributed by atoms with van der Waals surface area (Å²) in [6.07, 6.45) is 98.6. The topological polar surface area (TPSA) is 78.9 Å². The molecular weight excluding hydrogens is 1010 g/mol. The third-order valence-electron chi connectivity index (χ3n) is 14.0. The standard InChI is InChI=1S/C76H124O6/c1-4-7-10-13-16-19-22-25-28-30-32-33-34-35-36-37-38-39-40-41-42-43-45-46-48-51-54-57-60-63-66-69-75(78)81-72-73(71-80-74(77)68-65-62-59-56-53-50-27-24-21-18-15-12-9-6-3)82-76(79)70-67-64-61-58-55-52-49-47-44-31-29-26-23-20-17-14-11-8-5-2/h7,10,15-16,18-19,24-29,32-33,35-36,38-39,41-42,45-46,51,54,73H,4-6,8-9,11-14,17,20-23,30-31,34,37,40,43-44,47-50,52-53,55-72H2,1-3H3/b10-7-,18-15-,19-16-,27-24-,28-25-,29-26-,33-32-,36-35-,39-38-,42-41-,46-45-,54-51-. The molecule has 0 aliphatic carbocycles. The van der Waals surface area contributed by atoms with Gasteiger partial charge in [-0.05, 0) is 141 Å². The molecule has 1 atom stereocenters. The van der Waals surface area contributed by atoms with Crippen molar-refractivity contribution in [2.24, 2.45) is 0 Å². The van der Waals surface area contributed by atoms with Gasteiger partial charge in [-0.1, -0.05) is 282 Å². The molecule has 0 spiro atoms. The van der Waals surface area contributed by atoms with Gasteiger partial charge >= 0.3 is 17.9 Å². The van der Waals surface area contributed by atoms with Gasteiger partial charge in [-0.2, -0.15) is 0 Å². The molecule has 0 N–H and O–H groups in total. The van der Waals surface area contributed by atoms with Crippen LogP contribution in [0.1, 0.15) is 297 Å². The minimum atomic E-state index is -0.806. The number of esters is 3. The Morgan fingerprint density at radius 1 is 0.256 bits per heavy atom. The number of carbonyl (C=O) groups is 3. The molecule has 0 aliphatic rings. The molecular formula is C76H124O6. The summed E-state index contributed by atoms with van der Waals surface area (Å²) in [4.78, 5) is 38.4. The zero-order valence-corrected chi connectivity index (χ0v) is 53.2. The lowest BCUT2D eigenvalue weighted by Crippen LogP contribution is -2.30. The maximum atomic E-state index is 12.9. The average molecular weight is 1130 g/mol. The predicted molar refractivity (Wildman–Crippen MR) is 357 cm³/mol. The lowest BCUT2D eigenvalue weighted by molar-refractivity contribution is -0.167. The first-order chi connectivity index (χ1) is 40.5. The van der Waals surface area contributed by atoms with E-state index in [-0.39, 0.29) is 31.1 Å². The maximum absolute atomic E-state index is 12.9. The minimum absolute atomic E-state index is 0.100. The first kappa shape index (κ1) is 77.3. The average Bonchev–Trinajstić information content (AvgIpc) is 3.47. The summed E-state index contributed by atoms with van der Waals surface area (Å²) in [5.74, 6) is -0.946. The highest BCUT2D eigenvalue weighted by molar-refractivity contribution is 5.71. The Bertz CT molecular complexity index is 1780. The van der Waals surface area contributed by atoms with Crippen LogP contribution >= 0.6 is 0 Å². The monoisotopic (exact) mass is 1130 g/mol. The Hall–Kier alpha value is -4.71. The Morgan fingerprint density at radius 3 is 0.805 bits per heavy atom. The van der Waals surface area contributed by atoms with Crippen molar-refractivity contribution in [3.05, 3.63) is 146 Å². The van der Waals surface area contributed by atoms with E-state index in [2.05, 4.69) is 167 Å². The summed E-state index contributed by atoms with van der Waals surface area (Å²) < 4.78 is 16.9. The molecule has 0 fully saturated rings. The fourth-order valence-electron chi connectivity index (χ4n) is 8.98. The molecule has 0 aliphatic heterocycles. The van der Waals surface area contributed by atoms with Crippen molar-refractivity contribution in [2.45, 2.75) is 303 Å². The Labute approximate surface area is 506 Å². The highest BCUT2D eigenvalue weighted by atomic mass is 16.6. The third-order valence-corrected chi connectivity index (χ3v) is 14.0. The molecule has 0 aromatic rings. The van der Waals surface area contributed by atoms with Crippen molar-refractivity contribution < 1.29 is 28.6 Å². The smallest absolute Gasteiger partial charge is 0.306 e. The van der Waals surface area contributed by atoms with E-state index >= 15 is 0 Å². The molecule has 464 valence electrons. The van der Waals surface area contributed by atoms with E-state index in [9.17, 15) is 14.4 Å². The highest BCUT2D eigenvalue weighted by Gasteiger charge is 2.19. The van der Waals surface area contributed by atoms with Gasteiger partial charge in [0.25, 0.3) is 0 Å². The first-order valence-electron chi connectivity index (χ1n) is 33.8. The number of hydrogen-bond acceptors (Lipinski definition) is 6. The van der Waals surface area contributed by atoms with Crippen LogP contribution < -0.4 is 0 Å². The van der Waals surface area contributed by atoms with E-state index in [0.717, 1.165) is 148 Å². The Balaban J connectivity index is 4.42. The molecule has 6 nitrogen and oxygen atoms in total. The lowest BCUT2D eigenvalue weighted by atomic mass is 10.1. The SMILES string of the molecule is CC/C=C\C/C=C\C/C=C\C/C=C\C/C=C\C/C=C\C/C=C\C/C=C\C/C=C\CCCCCC(=O)OCC(COC(=O)CCCCCCC/C=C\C/C=C\CCCC)OC(=O)CCCCCCCCCCC/C=C\CCCCCCCC. The summed E-state index contributed by atoms with van der Waals surface area (Å²) in [5.41, 5.74) is 0. The van der Waals surface area contributed by atoms with E-state index < -0.39 is 6.10 Å². The Morgan fingerprint density at radius 2 is 0.488 bits per heavy atom. The van der Waals surface area contributed by atoms with E-state index in [1.807, 2.05) is 0 Å². The second kappa shape index (κ2) is 68.8. The molecule has 0 aromatic heterocycles. The van der Waals surface area contributed by atoms with E-state index in [4.69, 9.17) is 14.2 Å². The number of carbonyl (C=O) groups excluding carboxylic acids is 3. The van der Waals surface area contributed by atoms with Crippen molar-refractivity contribution >= 4 is 17.9 Å². The number of hydrogen-bond donors (Lipinski definition) is 0. The molecule has 82 heavy (non-hydrogen) atoms. The van der Waals surface area contributed by atoms with Gasteiger partial charge in [0.15, 0.2) is 6.10 Å². The van der Waals surface area contributed by atoms with Gasteiger partial charge in [0, 0.05) is 19.3 Å². The van der Waals surface area contributed by atoms with Gasteiger partial charge in [-0.25, -0.2) is 0 Å². The fraction of sp³-hybridized carbons (Fsp3) is 0.645. The number of ether oxygens (including phenoxy) is 3. The second-order valence-corrected chi connectivity index (χ2v) is 22.0. The van der Waals surface area contributed by atoms with Crippen LogP contribution in [-0.4, -0.2) is 37.2 Å². The van der Waals surface area contributed by atoms with Gasteiger partial charge in [-0.3, -0.25) is 14.4 Å². The van der Waals surface area contributed by atoms with E-state index in [1.165, 1.54) is 109 Å². The minimum Gasteiger partial charge on any atom is -0.462 e. The normalized spacial score (nSPS) is 13.1. The van der Waals surface area contributed by atoms with Crippen LogP contribution in [-0.2, 0) is 28.6 Å². The molecule has 1 unspecified atom stereocenters. The largest absolute Gasteiger partial charge is 0.462 e. The molecule has 0 radical (unpaired) electrons. The van der Waals surface area contributed by atoms with Crippen LogP contribution in [0.3, 0.4) is 0 Å². The quantitative estimate of drug-likeness (QED) is 0.0261. The number of rotatable bonds is 60. The highest BCUT2D eigenvalue weighted by Crippen LogP contribution is 2.15. The predicted octanol–water partition coefficient (Wildman–Crippen LogP) is 23.5. The summed E-state index contributed by atoms with van der Waals surface area (Å²) in [6.45, 7) is 6.45. The zero-order valence-electron chi connectivity index (χ0n) is 53.2.